The van der Waals surface area contributed by atoms with Gasteiger partial charge in [0.25, 0.3) is 0 Å². The van der Waals surface area contributed by atoms with Crippen molar-refractivity contribution in [2.75, 3.05) is 11.4 Å². The van der Waals surface area contributed by atoms with Crippen LogP contribution in [0.1, 0.15) is 20.3 Å². The van der Waals surface area contributed by atoms with Crippen LogP contribution >= 0.6 is 11.6 Å². The van der Waals surface area contributed by atoms with Crippen LogP contribution in [0.2, 0.25) is 5.02 Å². The lowest BCUT2D eigenvalue weighted by Gasteiger charge is -2.36. The van der Waals surface area contributed by atoms with Gasteiger partial charge < -0.3 is 10.0 Å². The first-order valence-electron chi connectivity index (χ1n) is 5.69. The molecule has 0 saturated carbocycles. The first kappa shape index (κ1) is 12.2. The summed E-state index contributed by atoms with van der Waals surface area (Å²) in [6.07, 6.45) is 0.675. The zero-order chi connectivity index (χ0) is 12.6. The average Bonchev–Trinajstić information content (AvgIpc) is 2.53. The Kier molecular flexibility index (Phi) is 3.04. The summed E-state index contributed by atoms with van der Waals surface area (Å²) < 4.78 is 0. The van der Waals surface area contributed by atoms with Gasteiger partial charge in [0, 0.05) is 22.8 Å². The van der Waals surface area contributed by atoms with Crippen molar-refractivity contribution in [2.24, 2.45) is 5.92 Å². The van der Waals surface area contributed by atoms with Crippen molar-refractivity contribution in [3.05, 3.63) is 29.3 Å². The van der Waals surface area contributed by atoms with Crippen molar-refractivity contribution in [1.29, 1.82) is 0 Å². The highest BCUT2D eigenvalue weighted by molar-refractivity contribution is 6.30. The van der Waals surface area contributed by atoms with E-state index in [9.17, 15) is 9.90 Å². The van der Waals surface area contributed by atoms with Gasteiger partial charge in [0.15, 0.2) is 0 Å². The van der Waals surface area contributed by atoms with Crippen LogP contribution in [-0.4, -0.2) is 23.2 Å². The maximum Gasteiger partial charge on any atom is 0.308 e. The molecule has 2 rings (SSSR count). The third-order valence-corrected chi connectivity index (χ3v) is 3.84. The highest BCUT2D eigenvalue weighted by Crippen LogP contribution is 2.38. The van der Waals surface area contributed by atoms with Crippen molar-refractivity contribution in [3.8, 4) is 0 Å². The molecule has 1 aromatic rings. The summed E-state index contributed by atoms with van der Waals surface area (Å²) in [6.45, 7) is 4.70. The number of hydrogen-bond acceptors (Lipinski definition) is 2. The molecule has 0 bridgehead atoms. The first-order chi connectivity index (χ1) is 7.93. The minimum atomic E-state index is -0.723. The fourth-order valence-electron chi connectivity index (χ4n) is 2.62. The second-order valence-corrected chi connectivity index (χ2v) is 5.40. The van der Waals surface area contributed by atoms with Crippen LogP contribution in [0, 0.1) is 5.92 Å². The Balaban J connectivity index is 2.33. The molecule has 0 aliphatic carbocycles. The lowest BCUT2D eigenvalue weighted by Crippen LogP contribution is -2.45. The van der Waals surface area contributed by atoms with Gasteiger partial charge >= 0.3 is 5.97 Å². The number of carbonyl (C=O) groups is 1. The Morgan fingerprint density at radius 3 is 2.76 bits per heavy atom. The normalized spacial score (nSPS) is 22.8. The van der Waals surface area contributed by atoms with E-state index in [-0.39, 0.29) is 11.5 Å². The van der Waals surface area contributed by atoms with Gasteiger partial charge in [0.2, 0.25) is 0 Å². The zero-order valence-corrected chi connectivity index (χ0v) is 10.7. The summed E-state index contributed by atoms with van der Waals surface area (Å²) >= 11 is 5.97. The third kappa shape index (κ3) is 2.12. The quantitative estimate of drug-likeness (QED) is 0.881. The molecule has 0 aromatic heterocycles. The van der Waals surface area contributed by atoms with Crippen molar-refractivity contribution >= 4 is 23.3 Å². The summed E-state index contributed by atoms with van der Waals surface area (Å²) in [5.41, 5.74) is 0.613. The molecule has 0 radical (unpaired) electrons. The number of halogens is 1. The molecule has 1 atom stereocenters. The van der Waals surface area contributed by atoms with E-state index in [1.807, 2.05) is 38.1 Å². The number of rotatable bonds is 2. The molecule has 0 amide bonds. The van der Waals surface area contributed by atoms with E-state index in [0.717, 1.165) is 12.2 Å². The van der Waals surface area contributed by atoms with Crippen LogP contribution in [0.3, 0.4) is 0 Å². The molecule has 1 aliphatic rings. The minimum absolute atomic E-state index is 0.332. The van der Waals surface area contributed by atoms with E-state index in [0.29, 0.717) is 11.4 Å². The van der Waals surface area contributed by atoms with Crippen LogP contribution in [0.15, 0.2) is 24.3 Å². The van der Waals surface area contributed by atoms with Gasteiger partial charge in [-0.25, -0.2) is 0 Å². The summed E-state index contributed by atoms with van der Waals surface area (Å²) in [4.78, 5) is 13.3. The lowest BCUT2D eigenvalue weighted by atomic mass is 9.88. The van der Waals surface area contributed by atoms with E-state index in [2.05, 4.69) is 4.90 Å². The molecule has 1 fully saturated rings. The Morgan fingerprint density at radius 2 is 2.24 bits per heavy atom. The molecule has 1 saturated heterocycles. The second-order valence-electron chi connectivity index (χ2n) is 4.96. The predicted octanol–water partition coefficient (Wildman–Crippen LogP) is 3.03. The molecule has 1 N–H and O–H groups in total. The number of benzene rings is 1. The molecule has 1 heterocycles. The molecule has 4 heteroatoms. The largest absolute Gasteiger partial charge is 0.481 e. The van der Waals surface area contributed by atoms with E-state index in [1.165, 1.54) is 0 Å². The van der Waals surface area contributed by atoms with Crippen LogP contribution in [0.4, 0.5) is 5.69 Å². The fraction of sp³-hybridized carbons (Fsp3) is 0.462. The summed E-state index contributed by atoms with van der Waals surface area (Å²) in [6, 6.07) is 7.57. The smallest absolute Gasteiger partial charge is 0.308 e. The Morgan fingerprint density at radius 1 is 1.53 bits per heavy atom. The van der Waals surface area contributed by atoms with Gasteiger partial charge in [-0.05, 0) is 38.5 Å². The topological polar surface area (TPSA) is 40.5 Å². The molecule has 17 heavy (non-hydrogen) atoms. The molecule has 1 aliphatic heterocycles. The maximum absolute atomic E-state index is 11.2. The summed E-state index contributed by atoms with van der Waals surface area (Å²) in [5.74, 6) is -1.05. The Bertz CT molecular complexity index is 445. The average molecular weight is 254 g/mol. The fourth-order valence-corrected chi connectivity index (χ4v) is 2.80. The summed E-state index contributed by atoms with van der Waals surface area (Å²) in [5, 5.41) is 9.89. The molecule has 1 aromatic carbocycles. The molecule has 1 unspecified atom stereocenters. The van der Waals surface area contributed by atoms with Crippen molar-refractivity contribution in [2.45, 2.75) is 25.8 Å². The SMILES string of the molecule is CC1(C)C(C(=O)O)CCN1c1cccc(Cl)c1. The zero-order valence-electron chi connectivity index (χ0n) is 9.98. The van der Waals surface area contributed by atoms with Crippen LogP contribution in [0.25, 0.3) is 0 Å². The number of anilines is 1. The number of carboxylic acids is 1. The lowest BCUT2D eigenvalue weighted by molar-refractivity contribution is -0.142. The van der Waals surface area contributed by atoms with Crippen molar-refractivity contribution < 1.29 is 9.90 Å². The molecule has 0 spiro atoms. The number of aliphatic carboxylic acids is 1. The third-order valence-electron chi connectivity index (χ3n) is 3.61. The van der Waals surface area contributed by atoms with Crippen molar-refractivity contribution in [3.63, 3.8) is 0 Å². The number of hydrogen-bond donors (Lipinski definition) is 1. The van der Waals surface area contributed by atoms with Gasteiger partial charge in [0.05, 0.1) is 5.92 Å². The highest BCUT2D eigenvalue weighted by atomic mass is 35.5. The molecule has 3 nitrogen and oxygen atoms in total. The monoisotopic (exact) mass is 253 g/mol. The van der Waals surface area contributed by atoms with Gasteiger partial charge in [-0.1, -0.05) is 17.7 Å². The summed E-state index contributed by atoms with van der Waals surface area (Å²) in [7, 11) is 0. The number of nitrogens with zero attached hydrogens (tertiary/aromatic N) is 1. The van der Waals surface area contributed by atoms with Crippen molar-refractivity contribution in [1.82, 2.24) is 0 Å². The number of carboxylic acid groups (broad SMARTS) is 1. The van der Waals surface area contributed by atoms with Gasteiger partial charge in [0.1, 0.15) is 0 Å². The second kappa shape index (κ2) is 4.22. The highest BCUT2D eigenvalue weighted by Gasteiger charge is 2.45. The van der Waals surface area contributed by atoms with E-state index in [1.54, 1.807) is 0 Å². The maximum atomic E-state index is 11.2. The van der Waals surface area contributed by atoms with E-state index in [4.69, 9.17) is 11.6 Å². The van der Waals surface area contributed by atoms with E-state index >= 15 is 0 Å². The standard InChI is InChI=1S/C13H16ClNO2/c1-13(2)11(12(16)17)6-7-15(13)10-5-3-4-9(14)8-10/h3-5,8,11H,6-7H2,1-2H3,(H,16,17). The van der Waals surface area contributed by atoms with Crippen LogP contribution in [0.5, 0.6) is 0 Å². The molecular weight excluding hydrogens is 238 g/mol. The minimum Gasteiger partial charge on any atom is -0.481 e. The predicted molar refractivity (Wildman–Crippen MR) is 68.6 cm³/mol. The Labute approximate surface area is 106 Å². The first-order valence-corrected chi connectivity index (χ1v) is 6.07. The molecular formula is C13H16ClNO2. The van der Waals surface area contributed by atoms with Gasteiger partial charge in [-0.15, -0.1) is 0 Å². The van der Waals surface area contributed by atoms with Gasteiger partial charge in [-0.2, -0.15) is 0 Å². The Hall–Kier alpha value is -1.22. The van der Waals surface area contributed by atoms with Gasteiger partial charge in [-0.3, -0.25) is 4.79 Å². The van der Waals surface area contributed by atoms with E-state index < -0.39 is 5.97 Å². The van der Waals surface area contributed by atoms with Crippen LogP contribution in [-0.2, 0) is 4.79 Å². The molecule has 92 valence electrons. The van der Waals surface area contributed by atoms with Crippen LogP contribution < -0.4 is 4.90 Å².